The summed E-state index contributed by atoms with van der Waals surface area (Å²) in [5.41, 5.74) is 0.853. The van der Waals surface area contributed by atoms with E-state index in [1.165, 1.54) is 34.6 Å². The number of likely N-dealkylation sites (tertiary alicyclic amines) is 1. The molecule has 1 aromatic heterocycles. The molecule has 37 heavy (non-hydrogen) atoms. The van der Waals surface area contributed by atoms with Crippen LogP contribution in [0.5, 0.6) is 0 Å². The summed E-state index contributed by atoms with van der Waals surface area (Å²) >= 11 is 6.00. The van der Waals surface area contributed by atoms with Gasteiger partial charge in [0.2, 0.25) is 10.0 Å². The quantitative estimate of drug-likeness (QED) is 0.493. The molecule has 5 rings (SSSR count). The van der Waals surface area contributed by atoms with Gasteiger partial charge in [-0.3, -0.25) is 4.98 Å². The maximum absolute atomic E-state index is 13.1. The zero-order valence-electron chi connectivity index (χ0n) is 19.8. The van der Waals surface area contributed by atoms with Crippen LogP contribution in [-0.4, -0.2) is 69.6 Å². The third kappa shape index (κ3) is 5.13. The van der Waals surface area contributed by atoms with Crippen LogP contribution < -0.4 is 5.76 Å². The fourth-order valence-corrected chi connectivity index (χ4v) is 7.45. The summed E-state index contributed by atoms with van der Waals surface area (Å²) in [5.74, 6) is -0.649. The molecule has 2 saturated heterocycles. The molecule has 0 atom stereocenters. The molecule has 1 spiro atoms. The second-order valence-electron chi connectivity index (χ2n) is 9.55. The number of H-pyrrole nitrogens is 1. The number of hydrogen-bond donors (Lipinski definition) is 1. The van der Waals surface area contributed by atoms with Crippen molar-refractivity contribution in [3.63, 3.8) is 0 Å². The van der Waals surface area contributed by atoms with Gasteiger partial charge in [-0.1, -0.05) is 11.6 Å². The SMILES string of the molecule is CS(=O)(=O)c1cc(Cl)cc(COC(=O)N2CCC3(CC2)CN(S(=O)(=O)c2ccc4[nH]c(=O)oc4c2)C3)c1. The topological polar surface area (TPSA) is 147 Å². The normalized spacial score (nSPS) is 18.2. The minimum Gasteiger partial charge on any atom is -0.445 e. The Morgan fingerprint density at radius 3 is 2.46 bits per heavy atom. The number of nitrogens with zero attached hydrogens (tertiary/aromatic N) is 2. The van der Waals surface area contributed by atoms with Gasteiger partial charge in [-0.2, -0.15) is 4.31 Å². The van der Waals surface area contributed by atoms with Crippen LogP contribution in [0.15, 0.2) is 55.4 Å². The summed E-state index contributed by atoms with van der Waals surface area (Å²) in [7, 11) is -7.21. The van der Waals surface area contributed by atoms with Crippen LogP contribution >= 0.6 is 11.6 Å². The van der Waals surface area contributed by atoms with E-state index < -0.39 is 31.7 Å². The van der Waals surface area contributed by atoms with Gasteiger partial charge in [0.25, 0.3) is 0 Å². The molecular formula is C23H24ClN3O8S2. The largest absolute Gasteiger partial charge is 0.445 e. The van der Waals surface area contributed by atoms with Crippen molar-refractivity contribution in [1.29, 1.82) is 0 Å². The first kappa shape index (κ1) is 25.8. The van der Waals surface area contributed by atoms with Crippen LogP contribution in [0.2, 0.25) is 5.02 Å². The molecule has 0 aliphatic carbocycles. The number of sulfone groups is 1. The smallest absolute Gasteiger partial charge is 0.417 e. The van der Waals surface area contributed by atoms with Crippen LogP contribution in [0.25, 0.3) is 11.1 Å². The second kappa shape index (κ2) is 9.15. The number of ether oxygens (including phenoxy) is 1. The molecule has 14 heteroatoms. The van der Waals surface area contributed by atoms with Gasteiger partial charge < -0.3 is 14.1 Å². The van der Waals surface area contributed by atoms with E-state index in [1.54, 1.807) is 11.0 Å². The van der Waals surface area contributed by atoms with Gasteiger partial charge in [0.15, 0.2) is 15.4 Å². The maximum atomic E-state index is 13.1. The van der Waals surface area contributed by atoms with Crippen LogP contribution in [0.4, 0.5) is 4.79 Å². The third-order valence-electron chi connectivity index (χ3n) is 6.86. The number of amides is 1. The minimum absolute atomic E-state index is 0.0491. The zero-order valence-corrected chi connectivity index (χ0v) is 22.2. The number of piperidine rings is 1. The van der Waals surface area contributed by atoms with Crippen LogP contribution in [0.1, 0.15) is 18.4 Å². The number of benzene rings is 2. The highest BCUT2D eigenvalue weighted by atomic mass is 35.5. The lowest BCUT2D eigenvalue weighted by molar-refractivity contribution is -0.00195. The summed E-state index contributed by atoms with van der Waals surface area (Å²) in [6.07, 6.45) is 1.79. The number of hydrogen-bond acceptors (Lipinski definition) is 8. The van der Waals surface area contributed by atoms with Crippen molar-refractivity contribution in [2.24, 2.45) is 5.41 Å². The van der Waals surface area contributed by atoms with E-state index in [1.807, 2.05) is 0 Å². The van der Waals surface area contributed by atoms with Crippen LogP contribution in [0.3, 0.4) is 0 Å². The number of carbonyl (C=O) groups is 1. The lowest BCUT2D eigenvalue weighted by Crippen LogP contribution is -2.62. The van der Waals surface area contributed by atoms with E-state index in [-0.39, 0.29) is 32.4 Å². The van der Waals surface area contributed by atoms with E-state index in [2.05, 4.69) is 4.98 Å². The van der Waals surface area contributed by atoms with Crippen molar-refractivity contribution < 1.29 is 30.8 Å². The lowest BCUT2D eigenvalue weighted by atomic mass is 9.73. The third-order valence-corrected chi connectivity index (χ3v) is 9.96. The molecule has 1 N–H and O–H groups in total. The Labute approximate surface area is 217 Å². The highest BCUT2D eigenvalue weighted by molar-refractivity contribution is 7.90. The number of aromatic nitrogens is 1. The molecule has 0 bridgehead atoms. The molecule has 3 aromatic rings. The standard InChI is InChI=1S/C23H24ClN3O8S2/c1-36(30,31)18-9-15(8-16(24)10-18)12-34-22(29)26-6-4-23(5-7-26)13-27(14-23)37(32,33)17-2-3-19-20(11-17)35-21(28)25-19/h2-3,8-11H,4-7,12-14H2,1H3,(H,25,28). The van der Waals surface area contributed by atoms with Crippen molar-refractivity contribution >= 4 is 48.7 Å². The number of fused-ring (bicyclic) bond motifs is 1. The first-order valence-corrected chi connectivity index (χ1v) is 15.1. The average Bonchev–Trinajstić information content (AvgIpc) is 3.19. The zero-order chi connectivity index (χ0) is 26.6. The van der Waals surface area contributed by atoms with Crippen molar-refractivity contribution in [3.05, 3.63) is 57.5 Å². The molecule has 0 radical (unpaired) electrons. The number of oxazole rings is 1. The molecule has 0 unspecified atom stereocenters. The second-order valence-corrected chi connectivity index (χ2v) is 13.9. The van der Waals surface area contributed by atoms with Gasteiger partial charge in [0, 0.05) is 48.9 Å². The number of carbonyl (C=O) groups excluding carboxylic acids is 1. The fourth-order valence-electron chi connectivity index (χ4n) is 4.74. The Bertz CT molecular complexity index is 1650. The number of rotatable bonds is 5. The Hall–Kier alpha value is -2.87. The minimum atomic E-state index is -3.75. The van der Waals surface area contributed by atoms with E-state index >= 15 is 0 Å². The Morgan fingerprint density at radius 2 is 1.78 bits per heavy atom. The number of sulfonamides is 1. The molecule has 11 nitrogen and oxygen atoms in total. The Balaban J connectivity index is 1.16. The molecule has 1 amide bonds. The van der Waals surface area contributed by atoms with Crippen molar-refractivity contribution in [2.75, 3.05) is 32.4 Å². The summed E-state index contributed by atoms with van der Waals surface area (Å²) in [6.45, 7) is 1.38. The summed E-state index contributed by atoms with van der Waals surface area (Å²) in [4.78, 5) is 28.1. The van der Waals surface area contributed by atoms with Crippen molar-refractivity contribution in [1.82, 2.24) is 14.2 Å². The van der Waals surface area contributed by atoms with Gasteiger partial charge >= 0.3 is 11.8 Å². The maximum Gasteiger partial charge on any atom is 0.417 e. The predicted molar refractivity (Wildman–Crippen MR) is 134 cm³/mol. The first-order valence-electron chi connectivity index (χ1n) is 11.4. The van der Waals surface area contributed by atoms with Crippen LogP contribution in [0, 0.1) is 5.41 Å². The summed E-state index contributed by atoms with van der Waals surface area (Å²) in [5, 5.41) is 0.232. The summed E-state index contributed by atoms with van der Waals surface area (Å²) in [6, 6.07) is 8.57. The van der Waals surface area contributed by atoms with Gasteiger partial charge in [0.1, 0.15) is 6.61 Å². The van der Waals surface area contributed by atoms with Gasteiger partial charge in [-0.25, -0.2) is 26.4 Å². The van der Waals surface area contributed by atoms with E-state index in [0.717, 1.165) is 6.26 Å². The fraction of sp³-hybridized carbons (Fsp3) is 0.391. The molecule has 2 fully saturated rings. The molecule has 3 heterocycles. The number of aromatic amines is 1. The first-order chi connectivity index (χ1) is 17.3. The van der Waals surface area contributed by atoms with Gasteiger partial charge in [0.05, 0.1) is 15.3 Å². The monoisotopic (exact) mass is 569 g/mol. The van der Waals surface area contributed by atoms with E-state index in [9.17, 15) is 26.4 Å². The average molecular weight is 570 g/mol. The predicted octanol–water partition coefficient (Wildman–Crippen LogP) is 2.60. The summed E-state index contributed by atoms with van der Waals surface area (Å²) < 4.78 is 61.5. The molecular weight excluding hydrogens is 546 g/mol. The molecule has 2 aromatic carbocycles. The number of nitrogens with one attached hydrogen (secondary N) is 1. The molecule has 2 aliphatic rings. The molecule has 198 valence electrons. The molecule has 2 aliphatic heterocycles. The van der Waals surface area contributed by atoms with Gasteiger partial charge in [-0.15, -0.1) is 0 Å². The highest BCUT2D eigenvalue weighted by Crippen LogP contribution is 2.43. The lowest BCUT2D eigenvalue weighted by Gasteiger charge is -2.52. The number of halogens is 1. The molecule has 0 saturated carbocycles. The Kier molecular flexibility index (Phi) is 6.37. The van der Waals surface area contributed by atoms with Crippen molar-refractivity contribution in [3.8, 4) is 0 Å². The van der Waals surface area contributed by atoms with E-state index in [4.69, 9.17) is 20.8 Å². The van der Waals surface area contributed by atoms with Crippen LogP contribution in [-0.2, 0) is 31.2 Å². The van der Waals surface area contributed by atoms with E-state index in [0.29, 0.717) is 50.1 Å². The van der Waals surface area contributed by atoms with Crippen molar-refractivity contribution in [2.45, 2.75) is 29.2 Å². The highest BCUT2D eigenvalue weighted by Gasteiger charge is 2.50. The van der Waals surface area contributed by atoms with Gasteiger partial charge in [-0.05, 0) is 48.7 Å². The Morgan fingerprint density at radius 1 is 1.08 bits per heavy atom.